The monoisotopic (exact) mass is 522 g/mol. The lowest BCUT2D eigenvalue weighted by Crippen LogP contribution is -2.16. The van der Waals surface area contributed by atoms with Crippen LogP contribution in [0.3, 0.4) is 0 Å². The number of aryl methyl sites for hydroxylation is 1. The van der Waals surface area contributed by atoms with Crippen LogP contribution in [0.2, 0.25) is 15.1 Å². The maximum atomic E-state index is 12.7. The van der Waals surface area contributed by atoms with Gasteiger partial charge in [-0.3, -0.25) is 24.3 Å². The molecule has 0 spiro atoms. The Bertz CT molecular complexity index is 1390. The Morgan fingerprint density at radius 2 is 1.76 bits per heavy atom. The lowest BCUT2D eigenvalue weighted by molar-refractivity contribution is -0.386. The quantitative estimate of drug-likeness (QED) is 0.279. The van der Waals surface area contributed by atoms with Gasteiger partial charge in [0.05, 0.1) is 11.5 Å². The number of halogens is 3. The van der Waals surface area contributed by atoms with E-state index in [1.165, 1.54) is 20.1 Å². The third-order valence-corrected chi connectivity index (χ3v) is 5.99. The van der Waals surface area contributed by atoms with Crippen LogP contribution in [0.5, 0.6) is 0 Å². The topological polar surface area (TPSA) is 126 Å². The van der Waals surface area contributed by atoms with E-state index in [-0.39, 0.29) is 35.4 Å². The third-order valence-electron chi connectivity index (χ3n) is 5.01. The third kappa shape index (κ3) is 4.76. The van der Waals surface area contributed by atoms with Crippen molar-refractivity contribution >= 4 is 52.2 Å². The van der Waals surface area contributed by atoms with Crippen molar-refractivity contribution in [1.82, 2.24) is 29.3 Å². The zero-order valence-corrected chi connectivity index (χ0v) is 20.1. The number of anilines is 1. The van der Waals surface area contributed by atoms with Gasteiger partial charge in [-0.05, 0) is 32.0 Å². The van der Waals surface area contributed by atoms with E-state index in [2.05, 4.69) is 20.6 Å². The normalized spacial score (nSPS) is 11.1. The van der Waals surface area contributed by atoms with Crippen molar-refractivity contribution in [3.05, 3.63) is 84.5 Å². The minimum absolute atomic E-state index is 0.0478. The van der Waals surface area contributed by atoms with Crippen molar-refractivity contribution in [2.45, 2.75) is 27.1 Å². The summed E-state index contributed by atoms with van der Waals surface area (Å²) in [6.07, 6.45) is 3.11. The summed E-state index contributed by atoms with van der Waals surface area (Å²) in [6.45, 7) is 3.52. The summed E-state index contributed by atoms with van der Waals surface area (Å²) >= 11 is 18.7. The Hall–Kier alpha value is -3.41. The average Bonchev–Trinajstić information content (AvgIpc) is 3.44. The van der Waals surface area contributed by atoms with Gasteiger partial charge in [0.25, 0.3) is 5.91 Å². The Labute approximate surface area is 208 Å². The molecular weight excluding hydrogens is 507 g/mol. The zero-order valence-electron chi connectivity index (χ0n) is 17.9. The number of amides is 1. The highest BCUT2D eigenvalue weighted by atomic mass is 35.5. The zero-order chi connectivity index (χ0) is 24.6. The van der Waals surface area contributed by atoms with E-state index < -0.39 is 10.8 Å². The Morgan fingerprint density at radius 1 is 1.06 bits per heavy atom. The fourth-order valence-electron chi connectivity index (χ4n) is 3.37. The van der Waals surface area contributed by atoms with Crippen molar-refractivity contribution in [1.29, 1.82) is 0 Å². The first-order valence-corrected chi connectivity index (χ1v) is 11.0. The van der Waals surface area contributed by atoms with E-state index >= 15 is 0 Å². The Morgan fingerprint density at radius 3 is 2.41 bits per heavy atom. The predicted octanol–water partition coefficient (Wildman–Crippen LogP) is 4.57. The number of rotatable bonds is 7. The molecule has 0 unspecified atom stereocenters. The van der Waals surface area contributed by atoms with Crippen molar-refractivity contribution in [2.24, 2.45) is 0 Å². The predicted molar refractivity (Wildman–Crippen MR) is 127 cm³/mol. The van der Waals surface area contributed by atoms with Crippen molar-refractivity contribution in [3.8, 4) is 0 Å². The van der Waals surface area contributed by atoms with Crippen molar-refractivity contribution in [2.75, 3.05) is 5.32 Å². The van der Waals surface area contributed by atoms with Gasteiger partial charge in [-0.1, -0.05) is 40.9 Å². The maximum absolute atomic E-state index is 12.7. The average molecular weight is 524 g/mol. The molecule has 4 aromatic rings. The van der Waals surface area contributed by atoms with Gasteiger partial charge in [0.2, 0.25) is 0 Å². The molecule has 11 nitrogen and oxygen atoms in total. The molecule has 176 valence electrons. The SMILES string of the molecule is Cc1nn(Cn2ccc(C(=O)Nc3nn(Cc4c(Cl)cccc4Cl)cc3Cl)n2)c(C)c1[N+](=O)[O-]. The number of nitrogens with one attached hydrogen (secondary N) is 1. The van der Waals surface area contributed by atoms with Crippen LogP contribution in [0, 0.1) is 24.0 Å². The number of hydrogen-bond acceptors (Lipinski definition) is 6. The fraction of sp³-hybridized carbons (Fsp3) is 0.200. The van der Waals surface area contributed by atoms with E-state index in [9.17, 15) is 14.9 Å². The van der Waals surface area contributed by atoms with Crippen LogP contribution in [0.1, 0.15) is 27.4 Å². The molecule has 0 aliphatic heterocycles. The molecule has 1 amide bonds. The summed E-state index contributed by atoms with van der Waals surface area (Å²) in [4.78, 5) is 23.4. The summed E-state index contributed by atoms with van der Waals surface area (Å²) in [7, 11) is 0. The molecule has 0 atom stereocenters. The lowest BCUT2D eigenvalue weighted by atomic mass is 10.2. The Balaban J connectivity index is 1.46. The molecule has 0 saturated heterocycles. The molecule has 0 aliphatic rings. The molecular formula is C20H17Cl3N8O3. The molecule has 14 heteroatoms. The van der Waals surface area contributed by atoms with Gasteiger partial charge in [0, 0.05) is 28.0 Å². The molecule has 3 aromatic heterocycles. The van der Waals surface area contributed by atoms with Crippen molar-refractivity contribution < 1.29 is 9.72 Å². The van der Waals surface area contributed by atoms with Crippen LogP contribution in [-0.2, 0) is 13.2 Å². The number of benzene rings is 1. The minimum Gasteiger partial charge on any atom is -0.302 e. The highest BCUT2D eigenvalue weighted by Gasteiger charge is 2.22. The largest absolute Gasteiger partial charge is 0.312 e. The van der Waals surface area contributed by atoms with Crippen molar-refractivity contribution in [3.63, 3.8) is 0 Å². The molecule has 34 heavy (non-hydrogen) atoms. The first-order chi connectivity index (χ1) is 16.1. The number of aromatic nitrogens is 6. The van der Waals surface area contributed by atoms with Gasteiger partial charge < -0.3 is 5.32 Å². The molecule has 0 fully saturated rings. The van der Waals surface area contributed by atoms with E-state index in [1.807, 2.05) is 0 Å². The standard InChI is InChI=1S/C20H17Cl3N8O3/c1-11-18(31(33)34)12(2)30(25-11)10-28-7-6-17(26-28)20(32)24-19-16(23)9-29(27-19)8-13-14(21)4-3-5-15(13)22/h3-7,9H,8,10H2,1-2H3,(H,24,27,32). The molecule has 3 heterocycles. The van der Waals surface area contributed by atoms with Gasteiger partial charge in [-0.2, -0.15) is 15.3 Å². The smallest absolute Gasteiger partial charge is 0.302 e. The highest BCUT2D eigenvalue weighted by Crippen LogP contribution is 2.27. The first-order valence-electron chi connectivity index (χ1n) is 9.83. The second-order valence-electron chi connectivity index (χ2n) is 7.34. The van der Waals surface area contributed by atoms with Crippen LogP contribution >= 0.6 is 34.8 Å². The van der Waals surface area contributed by atoms with Gasteiger partial charge in [-0.25, -0.2) is 4.68 Å². The van der Waals surface area contributed by atoms with Gasteiger partial charge in [0.15, 0.2) is 11.5 Å². The number of hydrogen-bond donors (Lipinski definition) is 1. The highest BCUT2D eigenvalue weighted by molar-refractivity contribution is 6.36. The first kappa shape index (κ1) is 23.7. The van der Waals surface area contributed by atoms with Crippen LogP contribution in [0.4, 0.5) is 11.5 Å². The molecule has 0 bridgehead atoms. The maximum Gasteiger partial charge on any atom is 0.312 e. The van der Waals surface area contributed by atoms with Gasteiger partial charge in [-0.15, -0.1) is 0 Å². The summed E-state index contributed by atoms with van der Waals surface area (Å²) < 4.78 is 4.40. The van der Waals surface area contributed by atoms with Crippen LogP contribution in [0.25, 0.3) is 0 Å². The molecule has 0 radical (unpaired) electrons. The second kappa shape index (κ2) is 9.45. The van der Waals surface area contributed by atoms with Gasteiger partial charge in [0.1, 0.15) is 23.1 Å². The van der Waals surface area contributed by atoms with Crippen LogP contribution in [0.15, 0.2) is 36.7 Å². The number of nitrogens with zero attached hydrogens (tertiary/aromatic N) is 7. The molecule has 4 rings (SSSR count). The fourth-order valence-corrected chi connectivity index (χ4v) is 4.08. The summed E-state index contributed by atoms with van der Waals surface area (Å²) in [5, 5.41) is 27.7. The molecule has 0 saturated carbocycles. The van der Waals surface area contributed by atoms with Gasteiger partial charge >= 0.3 is 5.69 Å². The van der Waals surface area contributed by atoms with E-state index in [1.54, 1.807) is 44.4 Å². The van der Waals surface area contributed by atoms with E-state index in [4.69, 9.17) is 34.8 Å². The molecule has 0 aliphatic carbocycles. The van der Waals surface area contributed by atoms with Crippen LogP contribution < -0.4 is 5.32 Å². The number of carbonyl (C=O) groups excluding carboxylic acids is 1. The number of nitro groups is 1. The minimum atomic E-state index is -0.527. The Kier molecular flexibility index (Phi) is 6.60. The van der Waals surface area contributed by atoms with Crippen LogP contribution in [-0.4, -0.2) is 40.2 Å². The lowest BCUT2D eigenvalue weighted by Gasteiger charge is -2.06. The second-order valence-corrected chi connectivity index (χ2v) is 8.56. The number of carbonyl (C=O) groups is 1. The van der Waals surface area contributed by atoms with E-state index in [0.29, 0.717) is 27.0 Å². The summed E-state index contributed by atoms with van der Waals surface area (Å²) in [5.41, 5.74) is 1.42. The summed E-state index contributed by atoms with van der Waals surface area (Å²) in [5.74, 6) is -0.375. The molecule has 1 N–H and O–H groups in total. The van der Waals surface area contributed by atoms with E-state index in [0.717, 1.165) is 0 Å². The summed E-state index contributed by atoms with van der Waals surface area (Å²) in [6, 6.07) is 6.68. The molecule has 1 aromatic carbocycles.